The predicted octanol–water partition coefficient (Wildman–Crippen LogP) is 2.29. The Labute approximate surface area is 120 Å². The Morgan fingerprint density at radius 2 is 2.10 bits per heavy atom. The van der Waals surface area contributed by atoms with Gasteiger partial charge in [-0.15, -0.1) is 0 Å². The van der Waals surface area contributed by atoms with Crippen molar-refractivity contribution in [3.05, 3.63) is 54.6 Å². The second-order valence-corrected chi connectivity index (χ2v) is 4.28. The maximum Gasteiger partial charge on any atom is 0.258 e. The summed E-state index contributed by atoms with van der Waals surface area (Å²) in [5.74, 6) is 0.0892. The Bertz CT molecular complexity index is 799. The van der Waals surface area contributed by atoms with E-state index in [0.717, 1.165) is 5.39 Å². The van der Waals surface area contributed by atoms with Crippen LogP contribution >= 0.6 is 0 Å². The topological polar surface area (TPSA) is 77.0 Å². The van der Waals surface area contributed by atoms with E-state index in [9.17, 15) is 4.79 Å². The van der Waals surface area contributed by atoms with Crippen molar-refractivity contribution in [2.24, 2.45) is 0 Å². The number of methoxy groups -OCH3 is 1. The highest BCUT2D eigenvalue weighted by atomic mass is 16.5. The average molecular weight is 280 g/mol. The van der Waals surface area contributed by atoms with Crippen molar-refractivity contribution in [1.82, 2.24) is 15.0 Å². The minimum absolute atomic E-state index is 0.273. The molecule has 0 fully saturated rings. The summed E-state index contributed by atoms with van der Waals surface area (Å²) in [5, 5.41) is 3.59. The summed E-state index contributed by atoms with van der Waals surface area (Å²) in [6.45, 7) is 0. The standard InChI is InChI=1S/C15H12N4O2/c1-21-15-12(6-3-7-17-15)19-14(20)11-5-2-4-10-8-16-9-18-13(10)11/h2-9H,1H3,(H,19,20). The summed E-state index contributed by atoms with van der Waals surface area (Å²) >= 11 is 0. The Balaban J connectivity index is 1.98. The maximum absolute atomic E-state index is 12.4. The molecular weight excluding hydrogens is 268 g/mol. The smallest absolute Gasteiger partial charge is 0.258 e. The Hall–Kier alpha value is -3.02. The number of carbonyl (C=O) groups is 1. The zero-order chi connectivity index (χ0) is 14.7. The van der Waals surface area contributed by atoms with Crippen LogP contribution in [0.5, 0.6) is 5.88 Å². The van der Waals surface area contributed by atoms with E-state index in [1.165, 1.54) is 13.4 Å². The van der Waals surface area contributed by atoms with Gasteiger partial charge in [-0.1, -0.05) is 12.1 Å². The molecule has 3 aromatic rings. The molecule has 0 bridgehead atoms. The van der Waals surface area contributed by atoms with E-state index in [-0.39, 0.29) is 5.91 Å². The van der Waals surface area contributed by atoms with Gasteiger partial charge in [-0.2, -0.15) is 0 Å². The molecule has 1 N–H and O–H groups in total. The van der Waals surface area contributed by atoms with E-state index in [1.54, 1.807) is 36.7 Å². The van der Waals surface area contributed by atoms with Crippen molar-refractivity contribution >= 4 is 22.5 Å². The molecule has 0 spiro atoms. The lowest BCUT2D eigenvalue weighted by molar-refractivity contribution is 0.102. The van der Waals surface area contributed by atoms with Crippen LogP contribution in [-0.4, -0.2) is 28.0 Å². The molecule has 0 saturated heterocycles. The molecule has 0 saturated carbocycles. The third-order valence-corrected chi connectivity index (χ3v) is 2.99. The van der Waals surface area contributed by atoms with Crippen LogP contribution in [-0.2, 0) is 0 Å². The van der Waals surface area contributed by atoms with Crippen LogP contribution in [0.25, 0.3) is 10.9 Å². The zero-order valence-electron chi connectivity index (χ0n) is 11.3. The van der Waals surface area contributed by atoms with Gasteiger partial charge in [-0.3, -0.25) is 4.79 Å². The fourth-order valence-electron chi connectivity index (χ4n) is 2.04. The predicted molar refractivity (Wildman–Crippen MR) is 78.3 cm³/mol. The quantitative estimate of drug-likeness (QED) is 0.796. The number of carbonyl (C=O) groups excluding carboxylic acids is 1. The summed E-state index contributed by atoms with van der Waals surface area (Å²) in [6.07, 6.45) is 4.69. The largest absolute Gasteiger partial charge is 0.480 e. The molecule has 1 aromatic carbocycles. The minimum Gasteiger partial charge on any atom is -0.480 e. The van der Waals surface area contributed by atoms with Gasteiger partial charge in [0.1, 0.15) is 12.0 Å². The summed E-state index contributed by atoms with van der Waals surface area (Å²) in [6, 6.07) is 8.82. The zero-order valence-corrected chi connectivity index (χ0v) is 11.3. The first-order valence-corrected chi connectivity index (χ1v) is 6.28. The van der Waals surface area contributed by atoms with Gasteiger partial charge in [0.05, 0.1) is 18.2 Å². The molecule has 3 rings (SSSR count). The van der Waals surface area contributed by atoms with E-state index < -0.39 is 0 Å². The Morgan fingerprint density at radius 3 is 2.95 bits per heavy atom. The van der Waals surface area contributed by atoms with E-state index in [4.69, 9.17) is 4.74 Å². The number of amides is 1. The van der Waals surface area contributed by atoms with Crippen molar-refractivity contribution in [3.8, 4) is 5.88 Å². The number of hydrogen-bond acceptors (Lipinski definition) is 5. The van der Waals surface area contributed by atoms with E-state index in [0.29, 0.717) is 22.6 Å². The van der Waals surface area contributed by atoms with Crippen LogP contribution in [0.15, 0.2) is 49.1 Å². The van der Waals surface area contributed by atoms with Gasteiger partial charge in [-0.25, -0.2) is 15.0 Å². The first kappa shape index (κ1) is 13.0. The van der Waals surface area contributed by atoms with Crippen LogP contribution in [0.2, 0.25) is 0 Å². The second-order valence-electron chi connectivity index (χ2n) is 4.28. The SMILES string of the molecule is COc1ncccc1NC(=O)c1cccc2cncnc12. The van der Waals surface area contributed by atoms with Crippen molar-refractivity contribution in [2.45, 2.75) is 0 Å². The van der Waals surface area contributed by atoms with Gasteiger partial charge in [0.15, 0.2) is 0 Å². The normalized spacial score (nSPS) is 10.3. The highest BCUT2D eigenvalue weighted by Crippen LogP contribution is 2.22. The molecule has 2 aromatic heterocycles. The lowest BCUT2D eigenvalue weighted by atomic mass is 10.1. The summed E-state index contributed by atoms with van der Waals surface area (Å²) < 4.78 is 5.12. The summed E-state index contributed by atoms with van der Waals surface area (Å²) in [4.78, 5) is 24.6. The molecule has 104 valence electrons. The number of para-hydroxylation sites is 1. The number of nitrogens with one attached hydrogen (secondary N) is 1. The average Bonchev–Trinajstić information content (AvgIpc) is 2.54. The molecule has 6 nitrogen and oxygen atoms in total. The molecule has 0 aliphatic heterocycles. The van der Waals surface area contributed by atoms with Crippen LogP contribution < -0.4 is 10.1 Å². The number of anilines is 1. The minimum atomic E-state index is -0.273. The monoisotopic (exact) mass is 280 g/mol. The number of ether oxygens (including phenoxy) is 1. The van der Waals surface area contributed by atoms with Gasteiger partial charge in [0.25, 0.3) is 5.91 Å². The molecule has 0 aliphatic carbocycles. The Morgan fingerprint density at radius 1 is 1.19 bits per heavy atom. The van der Waals surface area contributed by atoms with Gasteiger partial charge < -0.3 is 10.1 Å². The molecular formula is C15H12N4O2. The molecule has 2 heterocycles. The van der Waals surface area contributed by atoms with Crippen molar-refractivity contribution in [2.75, 3.05) is 12.4 Å². The van der Waals surface area contributed by atoms with Crippen molar-refractivity contribution in [3.63, 3.8) is 0 Å². The molecule has 1 amide bonds. The summed E-state index contributed by atoms with van der Waals surface area (Å²) in [5.41, 5.74) is 1.59. The number of benzene rings is 1. The van der Waals surface area contributed by atoms with Gasteiger partial charge in [-0.05, 0) is 18.2 Å². The highest BCUT2D eigenvalue weighted by Gasteiger charge is 2.13. The third-order valence-electron chi connectivity index (χ3n) is 2.99. The van der Waals surface area contributed by atoms with E-state index in [2.05, 4.69) is 20.3 Å². The van der Waals surface area contributed by atoms with E-state index >= 15 is 0 Å². The molecule has 6 heteroatoms. The summed E-state index contributed by atoms with van der Waals surface area (Å²) in [7, 11) is 1.50. The molecule has 0 radical (unpaired) electrons. The molecule has 0 unspecified atom stereocenters. The number of rotatable bonds is 3. The van der Waals surface area contributed by atoms with Crippen molar-refractivity contribution in [1.29, 1.82) is 0 Å². The van der Waals surface area contributed by atoms with Gasteiger partial charge in [0.2, 0.25) is 5.88 Å². The maximum atomic E-state index is 12.4. The first-order valence-electron chi connectivity index (χ1n) is 6.28. The lowest BCUT2D eigenvalue weighted by Gasteiger charge is -2.09. The molecule has 0 aliphatic rings. The first-order chi connectivity index (χ1) is 10.3. The van der Waals surface area contributed by atoms with Crippen LogP contribution in [0.4, 0.5) is 5.69 Å². The number of fused-ring (bicyclic) bond motifs is 1. The lowest BCUT2D eigenvalue weighted by Crippen LogP contribution is -2.13. The molecule has 0 atom stereocenters. The van der Waals surface area contributed by atoms with Crippen LogP contribution in [0.3, 0.4) is 0 Å². The fraction of sp³-hybridized carbons (Fsp3) is 0.0667. The van der Waals surface area contributed by atoms with Crippen molar-refractivity contribution < 1.29 is 9.53 Å². The second kappa shape index (κ2) is 5.54. The Kier molecular flexibility index (Phi) is 3.42. The van der Waals surface area contributed by atoms with Crippen LogP contribution in [0.1, 0.15) is 10.4 Å². The number of hydrogen-bond donors (Lipinski definition) is 1. The highest BCUT2D eigenvalue weighted by molar-refractivity contribution is 6.12. The van der Waals surface area contributed by atoms with E-state index in [1.807, 2.05) is 6.07 Å². The number of aromatic nitrogens is 3. The number of pyridine rings is 1. The fourth-order valence-corrected chi connectivity index (χ4v) is 2.04. The third kappa shape index (κ3) is 2.51. The van der Waals surface area contributed by atoms with Gasteiger partial charge in [0, 0.05) is 17.8 Å². The molecule has 21 heavy (non-hydrogen) atoms. The number of nitrogens with zero attached hydrogens (tertiary/aromatic N) is 3. The van der Waals surface area contributed by atoms with Crippen LogP contribution in [0, 0.1) is 0 Å². The van der Waals surface area contributed by atoms with Gasteiger partial charge >= 0.3 is 0 Å².